The van der Waals surface area contributed by atoms with E-state index in [4.69, 9.17) is 4.42 Å². The first-order valence-corrected chi connectivity index (χ1v) is 6.58. The molecule has 1 aromatic heterocycles. The maximum absolute atomic E-state index is 11.0. The van der Waals surface area contributed by atoms with Crippen LogP contribution in [0.4, 0.5) is 11.4 Å². The number of hydrogen-bond donors (Lipinski definition) is 1. The van der Waals surface area contributed by atoms with Crippen molar-refractivity contribution < 1.29 is 9.34 Å². The van der Waals surface area contributed by atoms with Gasteiger partial charge in [0.2, 0.25) is 0 Å². The molecule has 1 unspecified atom stereocenters. The molecule has 0 spiro atoms. The minimum absolute atomic E-state index is 0.00557. The van der Waals surface area contributed by atoms with E-state index in [1.54, 1.807) is 19.3 Å². The summed E-state index contributed by atoms with van der Waals surface area (Å²) in [7, 11) is 0. The predicted molar refractivity (Wildman–Crippen MR) is 77.9 cm³/mol. The van der Waals surface area contributed by atoms with E-state index < -0.39 is 0 Å². The molecule has 0 aliphatic rings. The smallest absolute Gasteiger partial charge is 0.274 e. The molecule has 1 heterocycles. The van der Waals surface area contributed by atoms with Gasteiger partial charge in [0, 0.05) is 17.3 Å². The molecule has 1 atom stereocenters. The molecular formula is C15H18N2O3. The molecule has 5 nitrogen and oxygen atoms in total. The molecule has 0 aliphatic heterocycles. The van der Waals surface area contributed by atoms with E-state index in [-0.39, 0.29) is 16.7 Å². The number of rotatable bonds is 5. The zero-order valence-electron chi connectivity index (χ0n) is 11.8. The van der Waals surface area contributed by atoms with Crippen molar-refractivity contribution in [2.45, 2.75) is 33.2 Å². The molecule has 0 bridgehead atoms. The molecule has 106 valence electrons. The number of benzene rings is 1. The van der Waals surface area contributed by atoms with Crippen LogP contribution in [-0.2, 0) is 0 Å². The molecule has 2 rings (SSSR count). The summed E-state index contributed by atoms with van der Waals surface area (Å²) >= 11 is 0. The summed E-state index contributed by atoms with van der Waals surface area (Å²) in [5.74, 6) is 0.829. The zero-order chi connectivity index (χ0) is 14.7. The van der Waals surface area contributed by atoms with Crippen molar-refractivity contribution in [3.8, 4) is 0 Å². The summed E-state index contributed by atoms with van der Waals surface area (Å²) in [4.78, 5) is 10.7. The zero-order valence-corrected chi connectivity index (χ0v) is 11.8. The van der Waals surface area contributed by atoms with Gasteiger partial charge in [-0.25, -0.2) is 0 Å². The van der Waals surface area contributed by atoms with E-state index in [2.05, 4.69) is 5.32 Å². The van der Waals surface area contributed by atoms with Crippen molar-refractivity contribution in [1.29, 1.82) is 0 Å². The molecule has 1 N–H and O–H groups in total. The number of nitro groups is 1. The number of nitrogens with zero attached hydrogens (tertiary/aromatic N) is 1. The Balaban J connectivity index is 2.33. The van der Waals surface area contributed by atoms with Crippen LogP contribution in [0.15, 0.2) is 34.9 Å². The first kappa shape index (κ1) is 14.1. The van der Waals surface area contributed by atoms with E-state index in [1.165, 1.54) is 0 Å². The number of nitrogens with one attached hydrogen (secondary N) is 1. The van der Waals surface area contributed by atoms with Gasteiger partial charge in [0.15, 0.2) is 0 Å². The Morgan fingerprint density at radius 2 is 2.10 bits per heavy atom. The van der Waals surface area contributed by atoms with Gasteiger partial charge in [-0.3, -0.25) is 10.1 Å². The van der Waals surface area contributed by atoms with Crippen LogP contribution < -0.4 is 5.32 Å². The Bertz CT molecular complexity index is 606. The second kappa shape index (κ2) is 5.77. The van der Waals surface area contributed by atoms with Gasteiger partial charge < -0.3 is 9.73 Å². The first-order valence-electron chi connectivity index (χ1n) is 6.58. The standard InChI is InChI=1S/C15H18N2O3/c1-4-12(15-6-5-7-20-15)16-13-9-14(17(18)19)11(3)8-10(13)2/h5-9,12,16H,4H2,1-3H3. The largest absolute Gasteiger partial charge is 0.467 e. The van der Waals surface area contributed by atoms with Gasteiger partial charge in [0.25, 0.3) is 5.69 Å². The maximum atomic E-state index is 11.0. The summed E-state index contributed by atoms with van der Waals surface area (Å²) in [6.07, 6.45) is 2.46. The highest BCUT2D eigenvalue weighted by atomic mass is 16.6. The summed E-state index contributed by atoms with van der Waals surface area (Å²) < 4.78 is 5.40. The molecule has 0 saturated carbocycles. The fourth-order valence-corrected chi connectivity index (χ4v) is 2.24. The molecule has 2 aromatic rings. The highest BCUT2D eigenvalue weighted by molar-refractivity contribution is 5.60. The third-order valence-corrected chi connectivity index (χ3v) is 3.36. The molecule has 20 heavy (non-hydrogen) atoms. The number of furan rings is 1. The molecule has 5 heteroatoms. The van der Waals surface area contributed by atoms with Crippen LogP contribution in [0.3, 0.4) is 0 Å². The van der Waals surface area contributed by atoms with Gasteiger partial charge in [-0.2, -0.15) is 0 Å². The third kappa shape index (κ3) is 2.82. The summed E-state index contributed by atoms with van der Waals surface area (Å²) in [5.41, 5.74) is 2.56. The minimum Gasteiger partial charge on any atom is -0.467 e. The third-order valence-electron chi connectivity index (χ3n) is 3.36. The molecular weight excluding hydrogens is 256 g/mol. The summed E-state index contributed by atoms with van der Waals surface area (Å²) in [5, 5.41) is 14.4. The summed E-state index contributed by atoms with van der Waals surface area (Å²) in [6, 6.07) is 7.17. The molecule has 0 radical (unpaired) electrons. The fourth-order valence-electron chi connectivity index (χ4n) is 2.24. The lowest BCUT2D eigenvalue weighted by Gasteiger charge is -2.18. The lowest BCUT2D eigenvalue weighted by Crippen LogP contribution is -2.10. The van der Waals surface area contributed by atoms with E-state index in [0.717, 1.165) is 23.4 Å². The second-order valence-corrected chi connectivity index (χ2v) is 4.83. The van der Waals surface area contributed by atoms with Crippen LogP contribution in [0, 0.1) is 24.0 Å². The SMILES string of the molecule is CCC(Nc1cc([N+](=O)[O-])c(C)cc1C)c1ccco1. The van der Waals surface area contributed by atoms with Gasteiger partial charge in [-0.15, -0.1) is 0 Å². The van der Waals surface area contributed by atoms with Crippen molar-refractivity contribution >= 4 is 11.4 Å². The van der Waals surface area contributed by atoms with E-state index in [0.29, 0.717) is 5.56 Å². The Morgan fingerprint density at radius 1 is 1.35 bits per heavy atom. The van der Waals surface area contributed by atoms with Crippen molar-refractivity contribution in [3.63, 3.8) is 0 Å². The monoisotopic (exact) mass is 274 g/mol. The van der Waals surface area contributed by atoms with Crippen LogP contribution in [0.25, 0.3) is 0 Å². The number of anilines is 1. The highest BCUT2D eigenvalue weighted by Crippen LogP contribution is 2.30. The lowest BCUT2D eigenvalue weighted by atomic mass is 10.1. The van der Waals surface area contributed by atoms with Crippen LogP contribution in [-0.4, -0.2) is 4.92 Å². The number of hydrogen-bond acceptors (Lipinski definition) is 4. The Hall–Kier alpha value is -2.30. The van der Waals surface area contributed by atoms with Crippen molar-refractivity contribution in [1.82, 2.24) is 0 Å². The van der Waals surface area contributed by atoms with E-state index in [9.17, 15) is 10.1 Å². The van der Waals surface area contributed by atoms with Crippen LogP contribution >= 0.6 is 0 Å². The van der Waals surface area contributed by atoms with Gasteiger partial charge in [0.05, 0.1) is 17.2 Å². The lowest BCUT2D eigenvalue weighted by molar-refractivity contribution is -0.385. The van der Waals surface area contributed by atoms with E-state index >= 15 is 0 Å². The minimum atomic E-state index is -0.353. The Morgan fingerprint density at radius 3 is 2.65 bits per heavy atom. The summed E-state index contributed by atoms with van der Waals surface area (Å²) in [6.45, 7) is 5.73. The van der Waals surface area contributed by atoms with Crippen molar-refractivity contribution in [2.75, 3.05) is 5.32 Å². The Kier molecular flexibility index (Phi) is 4.08. The Labute approximate surface area is 117 Å². The van der Waals surface area contributed by atoms with Gasteiger partial charge >= 0.3 is 0 Å². The van der Waals surface area contributed by atoms with Crippen molar-refractivity contribution in [2.24, 2.45) is 0 Å². The van der Waals surface area contributed by atoms with Gasteiger partial charge in [-0.05, 0) is 44.0 Å². The molecule has 0 fully saturated rings. The van der Waals surface area contributed by atoms with Crippen LogP contribution in [0.2, 0.25) is 0 Å². The van der Waals surface area contributed by atoms with Crippen LogP contribution in [0.1, 0.15) is 36.3 Å². The highest BCUT2D eigenvalue weighted by Gasteiger charge is 2.17. The molecule has 0 aliphatic carbocycles. The average Bonchev–Trinajstić information content (AvgIpc) is 2.91. The molecule has 0 amide bonds. The number of aryl methyl sites for hydroxylation is 2. The number of nitro benzene ring substituents is 1. The average molecular weight is 274 g/mol. The topological polar surface area (TPSA) is 68.3 Å². The fraction of sp³-hybridized carbons (Fsp3) is 0.333. The quantitative estimate of drug-likeness (QED) is 0.649. The first-order chi connectivity index (χ1) is 9.52. The van der Waals surface area contributed by atoms with Crippen molar-refractivity contribution in [3.05, 3.63) is 57.5 Å². The second-order valence-electron chi connectivity index (χ2n) is 4.83. The molecule has 0 saturated heterocycles. The van der Waals surface area contributed by atoms with Gasteiger partial charge in [-0.1, -0.05) is 6.92 Å². The predicted octanol–water partition coefficient (Wildman–Crippen LogP) is 4.37. The maximum Gasteiger partial charge on any atom is 0.274 e. The van der Waals surface area contributed by atoms with Crippen LogP contribution in [0.5, 0.6) is 0 Å². The van der Waals surface area contributed by atoms with Gasteiger partial charge in [0.1, 0.15) is 5.76 Å². The normalized spacial score (nSPS) is 12.2. The van der Waals surface area contributed by atoms with E-state index in [1.807, 2.05) is 32.0 Å². The molecule has 1 aromatic carbocycles.